The van der Waals surface area contributed by atoms with E-state index in [0.29, 0.717) is 16.3 Å². The molecule has 0 radical (unpaired) electrons. The van der Waals surface area contributed by atoms with Crippen LogP contribution in [0.2, 0.25) is 0 Å². The second-order valence-electron chi connectivity index (χ2n) is 2.38. The van der Waals surface area contributed by atoms with E-state index in [4.69, 9.17) is 10.8 Å². The SMILES string of the molecule is C=CCc1sc(CN)nc1C(=O)O. The molecule has 0 aliphatic heterocycles. The van der Waals surface area contributed by atoms with Gasteiger partial charge in [-0.15, -0.1) is 17.9 Å². The van der Waals surface area contributed by atoms with Crippen LogP contribution in [0.25, 0.3) is 0 Å². The Bertz CT molecular complexity index is 333. The van der Waals surface area contributed by atoms with Crippen molar-refractivity contribution in [2.75, 3.05) is 0 Å². The maximum atomic E-state index is 10.7. The third-order valence-corrected chi connectivity index (χ3v) is 2.55. The van der Waals surface area contributed by atoms with Crippen molar-refractivity contribution >= 4 is 17.3 Å². The molecule has 70 valence electrons. The first-order chi connectivity index (χ1) is 6.19. The molecule has 1 aromatic rings. The predicted octanol–water partition coefficient (Wildman–Crippen LogP) is 1.03. The van der Waals surface area contributed by atoms with Crippen LogP contribution < -0.4 is 5.73 Å². The van der Waals surface area contributed by atoms with E-state index in [9.17, 15) is 4.79 Å². The Morgan fingerprint density at radius 3 is 2.92 bits per heavy atom. The number of hydrogen-bond donors (Lipinski definition) is 2. The Kier molecular flexibility index (Phi) is 3.16. The molecule has 0 unspecified atom stereocenters. The predicted molar refractivity (Wildman–Crippen MR) is 50.9 cm³/mol. The van der Waals surface area contributed by atoms with E-state index in [0.717, 1.165) is 0 Å². The molecule has 1 aromatic heterocycles. The molecule has 0 aromatic carbocycles. The summed E-state index contributed by atoms with van der Waals surface area (Å²) >= 11 is 1.32. The highest BCUT2D eigenvalue weighted by molar-refractivity contribution is 7.11. The number of carboxylic acids is 1. The number of carbonyl (C=O) groups is 1. The molecular weight excluding hydrogens is 188 g/mol. The number of carboxylic acid groups (broad SMARTS) is 1. The summed E-state index contributed by atoms with van der Waals surface area (Å²) in [5, 5.41) is 9.42. The zero-order valence-electron chi connectivity index (χ0n) is 6.99. The van der Waals surface area contributed by atoms with E-state index < -0.39 is 5.97 Å². The molecule has 0 atom stereocenters. The highest BCUT2D eigenvalue weighted by Gasteiger charge is 2.15. The molecular formula is C8H10N2O2S. The van der Waals surface area contributed by atoms with Gasteiger partial charge in [-0.05, 0) is 0 Å². The molecule has 0 spiro atoms. The van der Waals surface area contributed by atoms with Gasteiger partial charge in [0, 0.05) is 17.8 Å². The fraction of sp³-hybridized carbons (Fsp3) is 0.250. The van der Waals surface area contributed by atoms with Crippen molar-refractivity contribution in [3.8, 4) is 0 Å². The van der Waals surface area contributed by atoms with E-state index in [1.54, 1.807) is 6.08 Å². The number of allylic oxidation sites excluding steroid dienone is 1. The van der Waals surface area contributed by atoms with Gasteiger partial charge in [-0.2, -0.15) is 0 Å². The van der Waals surface area contributed by atoms with E-state index in [1.807, 2.05) is 0 Å². The summed E-state index contributed by atoms with van der Waals surface area (Å²) in [4.78, 5) is 15.3. The van der Waals surface area contributed by atoms with Crippen LogP contribution in [0, 0.1) is 0 Å². The lowest BCUT2D eigenvalue weighted by Gasteiger charge is -1.90. The Morgan fingerprint density at radius 2 is 2.46 bits per heavy atom. The first kappa shape index (κ1) is 9.88. The van der Waals surface area contributed by atoms with Crippen molar-refractivity contribution in [1.29, 1.82) is 0 Å². The standard InChI is InChI=1S/C8H10N2O2S/c1-2-3-5-7(8(11)12)10-6(4-9)13-5/h2H,1,3-4,9H2,(H,11,12). The van der Waals surface area contributed by atoms with Gasteiger partial charge in [0.15, 0.2) is 5.69 Å². The van der Waals surface area contributed by atoms with Crippen LogP contribution in [0.4, 0.5) is 0 Å². The van der Waals surface area contributed by atoms with Gasteiger partial charge in [-0.25, -0.2) is 9.78 Å². The van der Waals surface area contributed by atoms with E-state index in [-0.39, 0.29) is 12.2 Å². The highest BCUT2D eigenvalue weighted by Crippen LogP contribution is 2.19. The van der Waals surface area contributed by atoms with Crippen LogP contribution in [-0.2, 0) is 13.0 Å². The third-order valence-electron chi connectivity index (χ3n) is 1.45. The molecule has 0 aliphatic carbocycles. The minimum Gasteiger partial charge on any atom is -0.476 e. The summed E-state index contributed by atoms with van der Waals surface area (Å²) < 4.78 is 0. The van der Waals surface area contributed by atoms with E-state index in [1.165, 1.54) is 11.3 Å². The minimum atomic E-state index is -1.01. The molecule has 0 saturated carbocycles. The molecule has 0 fully saturated rings. The van der Waals surface area contributed by atoms with Gasteiger partial charge in [-0.1, -0.05) is 6.08 Å². The molecule has 0 amide bonds. The smallest absolute Gasteiger partial charge is 0.355 e. The summed E-state index contributed by atoms with van der Waals surface area (Å²) in [6.07, 6.45) is 2.18. The van der Waals surface area contributed by atoms with Crippen LogP contribution in [0.15, 0.2) is 12.7 Å². The lowest BCUT2D eigenvalue weighted by molar-refractivity contribution is 0.0690. The second-order valence-corrected chi connectivity index (χ2v) is 3.55. The Morgan fingerprint density at radius 1 is 1.77 bits per heavy atom. The number of nitrogens with two attached hydrogens (primary N) is 1. The molecule has 5 heteroatoms. The van der Waals surface area contributed by atoms with Crippen molar-refractivity contribution in [1.82, 2.24) is 4.98 Å². The Balaban J connectivity index is 3.06. The Hall–Kier alpha value is -1.20. The average molecular weight is 198 g/mol. The van der Waals surface area contributed by atoms with E-state index >= 15 is 0 Å². The number of nitrogens with zero attached hydrogens (tertiary/aromatic N) is 1. The molecule has 4 nitrogen and oxygen atoms in total. The number of aromatic carboxylic acids is 1. The van der Waals surface area contributed by atoms with Gasteiger partial charge in [-0.3, -0.25) is 0 Å². The quantitative estimate of drug-likeness (QED) is 0.708. The number of rotatable bonds is 4. The Labute approximate surface area is 79.7 Å². The zero-order valence-corrected chi connectivity index (χ0v) is 7.80. The third kappa shape index (κ3) is 2.13. The molecule has 0 saturated heterocycles. The van der Waals surface area contributed by atoms with Crippen molar-refractivity contribution in [2.24, 2.45) is 5.73 Å². The second kappa shape index (κ2) is 4.15. The van der Waals surface area contributed by atoms with Crippen LogP contribution >= 0.6 is 11.3 Å². The fourth-order valence-corrected chi connectivity index (χ4v) is 1.86. The van der Waals surface area contributed by atoms with E-state index in [2.05, 4.69) is 11.6 Å². The van der Waals surface area contributed by atoms with Crippen LogP contribution in [0.5, 0.6) is 0 Å². The zero-order chi connectivity index (χ0) is 9.84. The molecule has 1 rings (SSSR count). The van der Waals surface area contributed by atoms with Gasteiger partial charge in [0.2, 0.25) is 0 Å². The van der Waals surface area contributed by atoms with Gasteiger partial charge < -0.3 is 10.8 Å². The van der Waals surface area contributed by atoms with Crippen LogP contribution in [0.1, 0.15) is 20.4 Å². The first-order valence-electron chi connectivity index (χ1n) is 3.72. The monoisotopic (exact) mass is 198 g/mol. The summed E-state index contributed by atoms with van der Waals surface area (Å²) in [7, 11) is 0. The van der Waals surface area contributed by atoms with Gasteiger partial charge in [0.25, 0.3) is 0 Å². The molecule has 1 heterocycles. The topological polar surface area (TPSA) is 76.2 Å². The molecule has 3 N–H and O–H groups in total. The lowest BCUT2D eigenvalue weighted by atomic mass is 10.3. The van der Waals surface area contributed by atoms with Gasteiger partial charge >= 0.3 is 5.97 Å². The fourth-order valence-electron chi connectivity index (χ4n) is 0.924. The first-order valence-corrected chi connectivity index (χ1v) is 4.53. The summed E-state index contributed by atoms with van der Waals surface area (Å²) in [6.45, 7) is 3.83. The summed E-state index contributed by atoms with van der Waals surface area (Å²) in [5.74, 6) is -1.01. The van der Waals surface area contributed by atoms with Gasteiger partial charge in [0.1, 0.15) is 5.01 Å². The number of aromatic nitrogens is 1. The number of hydrogen-bond acceptors (Lipinski definition) is 4. The lowest BCUT2D eigenvalue weighted by Crippen LogP contribution is -2.01. The van der Waals surface area contributed by atoms with Crippen LogP contribution in [0.3, 0.4) is 0 Å². The molecule has 0 bridgehead atoms. The average Bonchev–Trinajstić information content (AvgIpc) is 2.48. The molecule has 0 aliphatic rings. The van der Waals surface area contributed by atoms with Crippen molar-refractivity contribution < 1.29 is 9.90 Å². The minimum absolute atomic E-state index is 0.102. The highest BCUT2D eigenvalue weighted by atomic mass is 32.1. The maximum absolute atomic E-state index is 10.7. The van der Waals surface area contributed by atoms with Gasteiger partial charge in [0.05, 0.1) is 0 Å². The van der Waals surface area contributed by atoms with Crippen LogP contribution in [-0.4, -0.2) is 16.1 Å². The number of thiazole rings is 1. The summed E-state index contributed by atoms with van der Waals surface area (Å²) in [6, 6.07) is 0. The van der Waals surface area contributed by atoms with Crippen molar-refractivity contribution in [3.05, 3.63) is 28.2 Å². The van der Waals surface area contributed by atoms with Crippen molar-refractivity contribution in [3.63, 3.8) is 0 Å². The maximum Gasteiger partial charge on any atom is 0.355 e. The molecule has 13 heavy (non-hydrogen) atoms. The summed E-state index contributed by atoms with van der Waals surface area (Å²) in [5.41, 5.74) is 5.46. The largest absolute Gasteiger partial charge is 0.476 e. The van der Waals surface area contributed by atoms with Crippen molar-refractivity contribution in [2.45, 2.75) is 13.0 Å². The normalized spacial score (nSPS) is 9.92.